The van der Waals surface area contributed by atoms with Crippen LogP contribution < -0.4 is 4.90 Å². The maximum Gasteiger partial charge on any atom is 0.183 e. The Morgan fingerprint density at radius 2 is 2.31 bits per heavy atom. The van der Waals surface area contributed by atoms with Crippen LogP contribution >= 0.6 is 11.8 Å². The molecular formula is C8H8N4S. The predicted octanol–water partition coefficient (Wildman–Crippen LogP) is 0.859. The van der Waals surface area contributed by atoms with Crippen LogP contribution in [0.4, 0.5) is 5.82 Å². The SMILES string of the molecule is N#Cc1nccnc1N1CCSC1. The number of rotatable bonds is 1. The van der Waals surface area contributed by atoms with Crippen molar-refractivity contribution in [2.75, 3.05) is 23.1 Å². The van der Waals surface area contributed by atoms with Gasteiger partial charge in [-0.3, -0.25) is 0 Å². The van der Waals surface area contributed by atoms with E-state index in [1.807, 2.05) is 17.8 Å². The highest BCUT2D eigenvalue weighted by Gasteiger charge is 2.17. The minimum atomic E-state index is 0.421. The molecule has 1 aromatic rings. The van der Waals surface area contributed by atoms with E-state index in [2.05, 4.69) is 14.9 Å². The van der Waals surface area contributed by atoms with Gasteiger partial charge in [-0.1, -0.05) is 0 Å². The zero-order valence-electron chi connectivity index (χ0n) is 6.97. The van der Waals surface area contributed by atoms with E-state index in [9.17, 15) is 0 Å². The van der Waals surface area contributed by atoms with Gasteiger partial charge in [0, 0.05) is 24.7 Å². The Morgan fingerprint density at radius 1 is 1.46 bits per heavy atom. The van der Waals surface area contributed by atoms with E-state index in [1.165, 1.54) is 0 Å². The Kier molecular flexibility index (Phi) is 2.32. The molecule has 1 aliphatic rings. The van der Waals surface area contributed by atoms with Crippen LogP contribution in [0.2, 0.25) is 0 Å². The molecule has 0 saturated carbocycles. The highest BCUT2D eigenvalue weighted by molar-refractivity contribution is 7.99. The Balaban J connectivity index is 2.33. The Bertz CT molecular complexity index is 340. The quantitative estimate of drug-likeness (QED) is 0.660. The van der Waals surface area contributed by atoms with Gasteiger partial charge < -0.3 is 4.90 Å². The number of aromatic nitrogens is 2. The molecule has 1 aliphatic heterocycles. The summed E-state index contributed by atoms with van der Waals surface area (Å²) in [7, 11) is 0. The topological polar surface area (TPSA) is 52.8 Å². The molecule has 2 heterocycles. The summed E-state index contributed by atoms with van der Waals surface area (Å²) in [6.07, 6.45) is 3.17. The number of hydrogen-bond acceptors (Lipinski definition) is 5. The van der Waals surface area contributed by atoms with Gasteiger partial charge in [0.1, 0.15) is 6.07 Å². The van der Waals surface area contributed by atoms with Crippen molar-refractivity contribution in [2.45, 2.75) is 0 Å². The number of hydrogen-bond donors (Lipinski definition) is 0. The highest BCUT2D eigenvalue weighted by atomic mass is 32.2. The maximum atomic E-state index is 8.79. The van der Waals surface area contributed by atoms with E-state index in [1.54, 1.807) is 12.4 Å². The number of thioether (sulfide) groups is 1. The second kappa shape index (κ2) is 3.62. The molecule has 0 spiro atoms. The van der Waals surface area contributed by atoms with Gasteiger partial charge in [-0.25, -0.2) is 9.97 Å². The summed E-state index contributed by atoms with van der Waals surface area (Å²) in [4.78, 5) is 10.2. The fourth-order valence-corrected chi connectivity index (χ4v) is 2.17. The molecule has 0 atom stereocenters. The third-order valence-electron chi connectivity index (χ3n) is 1.84. The predicted molar refractivity (Wildman–Crippen MR) is 51.4 cm³/mol. The van der Waals surface area contributed by atoms with Gasteiger partial charge in [-0.2, -0.15) is 5.26 Å². The van der Waals surface area contributed by atoms with Crippen molar-refractivity contribution in [3.8, 4) is 6.07 Å². The van der Waals surface area contributed by atoms with Crippen LogP contribution in [0.5, 0.6) is 0 Å². The minimum absolute atomic E-state index is 0.421. The fourth-order valence-electron chi connectivity index (χ4n) is 1.22. The second-order valence-corrected chi connectivity index (χ2v) is 3.72. The van der Waals surface area contributed by atoms with E-state index >= 15 is 0 Å². The lowest BCUT2D eigenvalue weighted by molar-refractivity contribution is 0.940. The lowest BCUT2D eigenvalue weighted by Crippen LogP contribution is -2.20. The van der Waals surface area contributed by atoms with Gasteiger partial charge in [-0.15, -0.1) is 11.8 Å². The summed E-state index contributed by atoms with van der Waals surface area (Å²) in [5.74, 6) is 2.73. The monoisotopic (exact) mass is 192 g/mol. The smallest absolute Gasteiger partial charge is 0.183 e. The molecule has 0 bridgehead atoms. The van der Waals surface area contributed by atoms with Crippen LogP contribution in [0.25, 0.3) is 0 Å². The molecule has 0 unspecified atom stereocenters. The molecule has 4 nitrogen and oxygen atoms in total. The molecule has 66 valence electrons. The summed E-state index contributed by atoms with van der Waals surface area (Å²) in [6.45, 7) is 0.956. The van der Waals surface area contributed by atoms with Gasteiger partial charge in [-0.05, 0) is 0 Å². The average molecular weight is 192 g/mol. The normalized spacial score (nSPS) is 15.8. The molecule has 0 aromatic carbocycles. The van der Waals surface area contributed by atoms with E-state index in [-0.39, 0.29) is 0 Å². The summed E-state index contributed by atoms with van der Waals surface area (Å²) in [5.41, 5.74) is 0.421. The third-order valence-corrected chi connectivity index (χ3v) is 2.80. The Labute approximate surface area is 80.6 Å². The first-order chi connectivity index (χ1) is 6.42. The lowest BCUT2D eigenvalue weighted by Gasteiger charge is -2.14. The molecular weight excluding hydrogens is 184 g/mol. The largest absolute Gasteiger partial charge is 0.344 e. The molecule has 1 saturated heterocycles. The van der Waals surface area contributed by atoms with Gasteiger partial charge >= 0.3 is 0 Å². The Morgan fingerprint density at radius 3 is 3.00 bits per heavy atom. The van der Waals surface area contributed by atoms with Crippen molar-refractivity contribution in [1.29, 1.82) is 5.26 Å². The van der Waals surface area contributed by atoms with Crippen LogP contribution in [-0.2, 0) is 0 Å². The number of anilines is 1. The highest BCUT2D eigenvalue weighted by Crippen LogP contribution is 2.21. The van der Waals surface area contributed by atoms with Crippen LogP contribution in [0.15, 0.2) is 12.4 Å². The molecule has 1 aromatic heterocycles. The van der Waals surface area contributed by atoms with E-state index in [0.29, 0.717) is 5.69 Å². The molecule has 5 heteroatoms. The fraction of sp³-hybridized carbons (Fsp3) is 0.375. The lowest BCUT2D eigenvalue weighted by atomic mass is 10.4. The van der Waals surface area contributed by atoms with Crippen molar-refractivity contribution in [2.24, 2.45) is 0 Å². The van der Waals surface area contributed by atoms with Crippen LogP contribution in [0.3, 0.4) is 0 Å². The minimum Gasteiger partial charge on any atom is -0.344 e. The number of nitrogens with zero attached hydrogens (tertiary/aromatic N) is 4. The van der Waals surface area contributed by atoms with Gasteiger partial charge in [0.25, 0.3) is 0 Å². The number of nitriles is 1. The van der Waals surface area contributed by atoms with Crippen molar-refractivity contribution >= 4 is 17.6 Å². The first-order valence-electron chi connectivity index (χ1n) is 3.95. The molecule has 0 amide bonds. The zero-order valence-corrected chi connectivity index (χ0v) is 7.79. The van der Waals surface area contributed by atoms with Crippen molar-refractivity contribution < 1.29 is 0 Å². The van der Waals surface area contributed by atoms with Crippen LogP contribution in [0, 0.1) is 11.3 Å². The summed E-state index contributed by atoms with van der Waals surface area (Å²) >= 11 is 1.84. The van der Waals surface area contributed by atoms with Crippen molar-refractivity contribution in [3.05, 3.63) is 18.1 Å². The first-order valence-corrected chi connectivity index (χ1v) is 5.11. The van der Waals surface area contributed by atoms with Gasteiger partial charge in [0.05, 0.1) is 5.88 Å². The van der Waals surface area contributed by atoms with E-state index in [0.717, 1.165) is 24.0 Å². The molecule has 0 aliphatic carbocycles. The van der Waals surface area contributed by atoms with Crippen molar-refractivity contribution in [1.82, 2.24) is 9.97 Å². The first kappa shape index (κ1) is 8.32. The van der Waals surface area contributed by atoms with E-state index < -0.39 is 0 Å². The second-order valence-electron chi connectivity index (χ2n) is 2.64. The Hall–Kier alpha value is -1.28. The molecule has 1 fully saturated rings. The zero-order chi connectivity index (χ0) is 9.10. The summed E-state index contributed by atoms with van der Waals surface area (Å²) < 4.78 is 0. The molecule has 0 N–H and O–H groups in total. The van der Waals surface area contributed by atoms with Gasteiger partial charge in [0.15, 0.2) is 11.5 Å². The van der Waals surface area contributed by atoms with E-state index in [4.69, 9.17) is 5.26 Å². The van der Waals surface area contributed by atoms with Crippen LogP contribution in [0.1, 0.15) is 5.69 Å². The van der Waals surface area contributed by atoms with Gasteiger partial charge in [0.2, 0.25) is 0 Å². The maximum absolute atomic E-state index is 8.79. The third kappa shape index (κ3) is 1.58. The molecule has 13 heavy (non-hydrogen) atoms. The summed E-state index contributed by atoms with van der Waals surface area (Å²) in [5, 5.41) is 8.79. The average Bonchev–Trinajstić information content (AvgIpc) is 2.70. The summed E-state index contributed by atoms with van der Waals surface area (Å²) in [6, 6.07) is 2.05. The molecule has 2 rings (SSSR count). The molecule has 0 radical (unpaired) electrons. The van der Waals surface area contributed by atoms with Crippen molar-refractivity contribution in [3.63, 3.8) is 0 Å². The van der Waals surface area contributed by atoms with Crippen LogP contribution in [-0.4, -0.2) is 28.1 Å². The standard InChI is InChI=1S/C8H8N4S/c9-5-7-8(11-2-1-10-7)12-3-4-13-6-12/h1-2H,3-4,6H2.